The molecule has 0 saturated heterocycles. The van der Waals surface area contributed by atoms with E-state index in [1.807, 2.05) is 31.7 Å². The maximum absolute atomic E-state index is 4.25. The first-order chi connectivity index (χ1) is 8.04. The van der Waals surface area contributed by atoms with Crippen molar-refractivity contribution in [2.45, 2.75) is 19.4 Å². The van der Waals surface area contributed by atoms with Crippen LogP contribution >= 0.6 is 15.9 Å². The summed E-state index contributed by atoms with van der Waals surface area (Å²) in [5.74, 6) is 0. The highest BCUT2D eigenvalue weighted by molar-refractivity contribution is 9.10. The highest BCUT2D eigenvalue weighted by Gasteiger charge is 2.22. The van der Waals surface area contributed by atoms with Crippen LogP contribution in [-0.4, -0.2) is 16.6 Å². The Morgan fingerprint density at radius 2 is 2.12 bits per heavy atom. The van der Waals surface area contributed by atoms with Crippen molar-refractivity contribution < 1.29 is 0 Å². The fourth-order valence-corrected chi connectivity index (χ4v) is 2.10. The second kappa shape index (κ2) is 4.63. The molecule has 0 fully saturated rings. The van der Waals surface area contributed by atoms with Gasteiger partial charge in [-0.15, -0.1) is 0 Å². The summed E-state index contributed by atoms with van der Waals surface area (Å²) >= 11 is 3.49. The van der Waals surface area contributed by atoms with Gasteiger partial charge in [-0.1, -0.05) is 22.0 Å². The number of benzene rings is 1. The SMILES string of the molecule is CNC(C)(C)c1cncn1-c1cccc(Br)c1. The van der Waals surface area contributed by atoms with Gasteiger partial charge in [0.2, 0.25) is 0 Å². The smallest absolute Gasteiger partial charge is 0.0994 e. The molecule has 1 N–H and O–H groups in total. The minimum Gasteiger partial charge on any atom is -0.310 e. The van der Waals surface area contributed by atoms with Crippen molar-refractivity contribution in [3.8, 4) is 5.69 Å². The van der Waals surface area contributed by atoms with Crippen LogP contribution in [-0.2, 0) is 5.54 Å². The average Bonchev–Trinajstić information content (AvgIpc) is 2.78. The molecule has 0 aliphatic rings. The van der Waals surface area contributed by atoms with Crippen LogP contribution in [0.2, 0.25) is 0 Å². The Kier molecular flexibility index (Phi) is 3.35. The lowest BCUT2D eigenvalue weighted by Gasteiger charge is -2.25. The summed E-state index contributed by atoms with van der Waals surface area (Å²) in [6.07, 6.45) is 3.74. The fourth-order valence-electron chi connectivity index (χ4n) is 1.72. The molecular formula is C13H16BrN3. The van der Waals surface area contributed by atoms with Gasteiger partial charge in [0.1, 0.15) is 0 Å². The maximum atomic E-state index is 4.25. The highest BCUT2D eigenvalue weighted by atomic mass is 79.9. The molecule has 17 heavy (non-hydrogen) atoms. The molecule has 90 valence electrons. The van der Waals surface area contributed by atoms with Crippen LogP contribution in [0.1, 0.15) is 19.5 Å². The summed E-state index contributed by atoms with van der Waals surface area (Å²) in [6, 6.07) is 8.19. The summed E-state index contributed by atoms with van der Waals surface area (Å²) in [7, 11) is 1.96. The molecule has 0 atom stereocenters. The zero-order chi connectivity index (χ0) is 12.5. The van der Waals surface area contributed by atoms with E-state index in [0.717, 1.165) is 15.9 Å². The quantitative estimate of drug-likeness (QED) is 0.942. The maximum Gasteiger partial charge on any atom is 0.0994 e. The monoisotopic (exact) mass is 293 g/mol. The van der Waals surface area contributed by atoms with Gasteiger partial charge in [-0.3, -0.25) is 0 Å². The van der Waals surface area contributed by atoms with Crippen LogP contribution in [0.4, 0.5) is 0 Å². The lowest BCUT2D eigenvalue weighted by atomic mass is 10.0. The Balaban J connectivity index is 2.51. The normalized spacial score (nSPS) is 11.8. The number of aromatic nitrogens is 2. The summed E-state index contributed by atoms with van der Waals surface area (Å²) in [5.41, 5.74) is 2.13. The second-order valence-electron chi connectivity index (χ2n) is 4.50. The Labute approximate surface area is 110 Å². The molecule has 0 radical (unpaired) electrons. The minimum absolute atomic E-state index is 0.112. The molecule has 3 nitrogen and oxygen atoms in total. The molecule has 2 rings (SSSR count). The van der Waals surface area contributed by atoms with Crippen molar-refractivity contribution in [2.24, 2.45) is 0 Å². The van der Waals surface area contributed by atoms with Crippen molar-refractivity contribution in [3.05, 3.63) is 47.0 Å². The minimum atomic E-state index is -0.112. The zero-order valence-corrected chi connectivity index (χ0v) is 11.8. The number of hydrogen-bond acceptors (Lipinski definition) is 2. The number of halogens is 1. The van der Waals surface area contributed by atoms with E-state index in [0.29, 0.717) is 0 Å². The average molecular weight is 294 g/mol. The van der Waals surface area contributed by atoms with Crippen LogP contribution in [0.15, 0.2) is 41.3 Å². The highest BCUT2D eigenvalue weighted by Crippen LogP contribution is 2.23. The predicted octanol–water partition coefficient (Wildman–Crippen LogP) is 3.09. The van der Waals surface area contributed by atoms with E-state index >= 15 is 0 Å². The molecular weight excluding hydrogens is 278 g/mol. The largest absolute Gasteiger partial charge is 0.310 e. The van der Waals surface area contributed by atoms with Gasteiger partial charge in [0, 0.05) is 10.2 Å². The molecule has 1 aromatic heterocycles. The molecule has 0 bridgehead atoms. The van der Waals surface area contributed by atoms with Gasteiger partial charge >= 0.3 is 0 Å². The van der Waals surface area contributed by atoms with Crippen LogP contribution in [0, 0.1) is 0 Å². The first-order valence-corrected chi connectivity index (χ1v) is 6.31. The molecule has 0 unspecified atom stereocenters. The van der Waals surface area contributed by atoms with Crippen LogP contribution in [0.3, 0.4) is 0 Å². The number of rotatable bonds is 3. The van der Waals surface area contributed by atoms with E-state index in [2.05, 4.69) is 56.8 Å². The first-order valence-electron chi connectivity index (χ1n) is 5.52. The zero-order valence-electron chi connectivity index (χ0n) is 10.2. The Hall–Kier alpha value is -1.13. The molecule has 0 spiro atoms. The van der Waals surface area contributed by atoms with Gasteiger partial charge in [-0.05, 0) is 39.1 Å². The molecule has 0 amide bonds. The van der Waals surface area contributed by atoms with Crippen LogP contribution in [0.5, 0.6) is 0 Å². The Morgan fingerprint density at radius 1 is 1.35 bits per heavy atom. The van der Waals surface area contributed by atoms with Crippen LogP contribution in [0.25, 0.3) is 5.69 Å². The molecule has 0 aliphatic heterocycles. The molecule has 2 aromatic rings. The number of hydrogen-bond donors (Lipinski definition) is 1. The van der Waals surface area contributed by atoms with Crippen molar-refractivity contribution in [3.63, 3.8) is 0 Å². The lowest BCUT2D eigenvalue weighted by Crippen LogP contribution is -2.35. The van der Waals surface area contributed by atoms with Gasteiger partial charge in [0.05, 0.1) is 23.8 Å². The molecule has 1 heterocycles. The van der Waals surface area contributed by atoms with Crippen LogP contribution < -0.4 is 5.32 Å². The standard InChI is InChI=1S/C13H16BrN3/c1-13(2,15-3)12-8-16-9-17(12)11-6-4-5-10(14)7-11/h4-9,15H,1-3H3. The number of nitrogens with one attached hydrogen (secondary N) is 1. The third kappa shape index (κ3) is 2.42. The number of nitrogens with zero attached hydrogens (tertiary/aromatic N) is 2. The van der Waals surface area contributed by atoms with Gasteiger partial charge < -0.3 is 9.88 Å². The van der Waals surface area contributed by atoms with Crippen molar-refractivity contribution in [2.75, 3.05) is 7.05 Å². The van der Waals surface area contributed by atoms with Crippen molar-refractivity contribution in [1.82, 2.24) is 14.9 Å². The van der Waals surface area contributed by atoms with E-state index in [1.54, 1.807) is 0 Å². The molecule has 1 aromatic carbocycles. The third-order valence-electron chi connectivity index (χ3n) is 2.99. The van der Waals surface area contributed by atoms with Gasteiger partial charge in [0.15, 0.2) is 0 Å². The van der Waals surface area contributed by atoms with E-state index in [9.17, 15) is 0 Å². The molecule has 0 saturated carbocycles. The Morgan fingerprint density at radius 3 is 2.76 bits per heavy atom. The van der Waals surface area contributed by atoms with E-state index < -0.39 is 0 Å². The van der Waals surface area contributed by atoms with E-state index in [4.69, 9.17) is 0 Å². The predicted molar refractivity (Wildman–Crippen MR) is 73.3 cm³/mol. The fraction of sp³-hybridized carbons (Fsp3) is 0.308. The summed E-state index contributed by atoms with van der Waals surface area (Å²) in [4.78, 5) is 4.25. The Bertz CT molecular complexity index is 517. The lowest BCUT2D eigenvalue weighted by molar-refractivity contribution is 0.425. The van der Waals surface area contributed by atoms with Gasteiger partial charge in [-0.2, -0.15) is 0 Å². The van der Waals surface area contributed by atoms with E-state index in [-0.39, 0.29) is 5.54 Å². The van der Waals surface area contributed by atoms with Crippen molar-refractivity contribution in [1.29, 1.82) is 0 Å². The first kappa shape index (κ1) is 12.3. The third-order valence-corrected chi connectivity index (χ3v) is 3.48. The topological polar surface area (TPSA) is 29.9 Å². The number of imidazole rings is 1. The molecule has 0 aliphatic carbocycles. The second-order valence-corrected chi connectivity index (χ2v) is 5.42. The van der Waals surface area contributed by atoms with E-state index in [1.165, 1.54) is 0 Å². The molecule has 4 heteroatoms. The van der Waals surface area contributed by atoms with Gasteiger partial charge in [0.25, 0.3) is 0 Å². The van der Waals surface area contributed by atoms with Crippen molar-refractivity contribution >= 4 is 15.9 Å². The van der Waals surface area contributed by atoms with Gasteiger partial charge in [-0.25, -0.2) is 4.98 Å². The summed E-state index contributed by atoms with van der Waals surface area (Å²) in [6.45, 7) is 4.27. The summed E-state index contributed by atoms with van der Waals surface area (Å²) in [5, 5.41) is 3.30. The summed E-state index contributed by atoms with van der Waals surface area (Å²) < 4.78 is 3.17.